The van der Waals surface area contributed by atoms with Crippen molar-refractivity contribution in [3.05, 3.63) is 34.3 Å². The minimum atomic E-state index is -0.414. The second-order valence-corrected chi connectivity index (χ2v) is 7.53. The van der Waals surface area contributed by atoms with Gasteiger partial charge < -0.3 is 9.57 Å². The lowest BCUT2D eigenvalue weighted by Gasteiger charge is -2.26. The molecule has 0 aromatic heterocycles. The van der Waals surface area contributed by atoms with Crippen LogP contribution in [0.1, 0.15) is 12.5 Å². The number of halogens is 1. The van der Waals surface area contributed by atoms with Crippen molar-refractivity contribution in [1.82, 2.24) is 4.90 Å². The van der Waals surface area contributed by atoms with Crippen molar-refractivity contribution in [2.45, 2.75) is 25.2 Å². The highest BCUT2D eigenvalue weighted by molar-refractivity contribution is 9.10. The predicted molar refractivity (Wildman–Crippen MR) is 87.1 cm³/mol. The first-order chi connectivity index (χ1) is 11.6. The molecular weight excluding hydrogens is 376 g/mol. The summed E-state index contributed by atoms with van der Waals surface area (Å²) in [5, 5.41) is 4.26. The molecule has 124 valence electrons. The molecule has 1 aromatic carbocycles. The highest BCUT2D eigenvalue weighted by atomic mass is 79.9. The Labute approximate surface area is 146 Å². The summed E-state index contributed by atoms with van der Waals surface area (Å²) >= 11 is 3.43. The van der Waals surface area contributed by atoms with E-state index in [0.29, 0.717) is 6.54 Å². The number of oxime groups is 1. The van der Waals surface area contributed by atoms with Crippen LogP contribution in [0.25, 0.3) is 0 Å². The average molecular weight is 391 g/mol. The van der Waals surface area contributed by atoms with Crippen molar-refractivity contribution < 1.29 is 19.2 Å². The second kappa shape index (κ2) is 4.89. The molecule has 0 aliphatic carbocycles. The maximum Gasteiger partial charge on any atom is 0.235 e. The van der Waals surface area contributed by atoms with Gasteiger partial charge in [-0.05, 0) is 24.6 Å². The summed E-state index contributed by atoms with van der Waals surface area (Å²) in [6.07, 6.45) is -0.985. The number of hydrogen-bond acceptors (Lipinski definition) is 5. The fourth-order valence-electron chi connectivity index (χ4n) is 4.59. The van der Waals surface area contributed by atoms with Crippen LogP contribution in [-0.2, 0) is 19.2 Å². The molecule has 2 amide bonds. The van der Waals surface area contributed by atoms with Crippen molar-refractivity contribution >= 4 is 33.5 Å². The summed E-state index contributed by atoms with van der Waals surface area (Å²) in [5.74, 6) is -1.14. The van der Waals surface area contributed by atoms with Crippen LogP contribution < -0.4 is 0 Å². The summed E-state index contributed by atoms with van der Waals surface area (Å²) in [7, 11) is 0. The van der Waals surface area contributed by atoms with E-state index in [1.54, 1.807) is 0 Å². The third kappa shape index (κ3) is 1.66. The van der Waals surface area contributed by atoms with Crippen LogP contribution in [0.3, 0.4) is 0 Å². The van der Waals surface area contributed by atoms with E-state index in [-0.39, 0.29) is 36.0 Å². The molecule has 0 saturated carbocycles. The highest BCUT2D eigenvalue weighted by Crippen LogP contribution is 2.54. The van der Waals surface area contributed by atoms with Crippen molar-refractivity contribution in [2.75, 3.05) is 6.54 Å². The molecule has 6 nitrogen and oxygen atoms in total. The Morgan fingerprint density at radius 3 is 2.38 bits per heavy atom. The first-order valence-corrected chi connectivity index (χ1v) is 8.91. The Balaban J connectivity index is 1.51. The van der Waals surface area contributed by atoms with Gasteiger partial charge in [0.15, 0.2) is 6.10 Å². The molecule has 0 spiro atoms. The van der Waals surface area contributed by atoms with E-state index in [4.69, 9.17) is 9.57 Å². The number of hydrogen-bond donors (Lipinski definition) is 0. The van der Waals surface area contributed by atoms with Gasteiger partial charge in [0.05, 0.1) is 29.6 Å². The monoisotopic (exact) mass is 390 g/mol. The number of carbonyl (C=O) groups is 2. The van der Waals surface area contributed by atoms with Gasteiger partial charge in [-0.2, -0.15) is 0 Å². The van der Waals surface area contributed by atoms with Crippen LogP contribution in [0, 0.1) is 17.8 Å². The largest absolute Gasteiger partial charge is 0.389 e. The molecule has 4 heterocycles. The third-order valence-corrected chi connectivity index (χ3v) is 6.12. The maximum atomic E-state index is 12.6. The number of ether oxygens (including phenoxy) is 1. The summed E-state index contributed by atoms with van der Waals surface area (Å²) in [5.41, 5.74) is 1.77. The molecule has 0 unspecified atom stereocenters. The third-order valence-electron chi connectivity index (χ3n) is 5.59. The van der Waals surface area contributed by atoms with Crippen molar-refractivity contribution in [3.63, 3.8) is 0 Å². The fraction of sp³-hybridized carbons (Fsp3) is 0.471. The Morgan fingerprint density at radius 2 is 1.71 bits per heavy atom. The number of likely N-dealkylation sites (tertiary alicyclic amines) is 1. The molecule has 6 atom stereocenters. The maximum absolute atomic E-state index is 12.6. The molecule has 3 saturated heterocycles. The minimum Gasteiger partial charge on any atom is -0.389 e. The number of carbonyl (C=O) groups excluding carboxylic acids is 2. The summed E-state index contributed by atoms with van der Waals surface area (Å²) in [4.78, 5) is 32.2. The van der Waals surface area contributed by atoms with E-state index in [9.17, 15) is 9.59 Å². The minimum absolute atomic E-state index is 0.0917. The van der Waals surface area contributed by atoms with Crippen molar-refractivity contribution in [2.24, 2.45) is 22.9 Å². The molecule has 4 aliphatic rings. The first-order valence-electron chi connectivity index (χ1n) is 8.12. The van der Waals surface area contributed by atoms with E-state index >= 15 is 0 Å². The summed E-state index contributed by atoms with van der Waals surface area (Å²) in [6.45, 7) is 2.24. The van der Waals surface area contributed by atoms with Gasteiger partial charge in [-0.1, -0.05) is 33.2 Å². The smallest absolute Gasteiger partial charge is 0.235 e. The van der Waals surface area contributed by atoms with Crippen LogP contribution in [0.15, 0.2) is 33.9 Å². The number of benzene rings is 1. The molecule has 0 radical (unpaired) electrons. The quantitative estimate of drug-likeness (QED) is 0.718. The zero-order chi connectivity index (χ0) is 16.6. The second-order valence-electron chi connectivity index (χ2n) is 6.62. The predicted octanol–water partition coefficient (Wildman–Crippen LogP) is 1.57. The van der Waals surface area contributed by atoms with Gasteiger partial charge in [-0.15, -0.1) is 0 Å². The van der Waals surface area contributed by atoms with E-state index in [2.05, 4.69) is 21.1 Å². The van der Waals surface area contributed by atoms with Gasteiger partial charge >= 0.3 is 0 Å². The Hall–Kier alpha value is -1.73. The molecule has 1 aromatic rings. The molecule has 3 fully saturated rings. The van der Waals surface area contributed by atoms with E-state index in [0.717, 1.165) is 15.7 Å². The molecule has 4 aliphatic heterocycles. The van der Waals surface area contributed by atoms with Crippen LogP contribution in [0.5, 0.6) is 0 Å². The van der Waals surface area contributed by atoms with Gasteiger partial charge in [-0.3, -0.25) is 14.5 Å². The van der Waals surface area contributed by atoms with Crippen LogP contribution in [0.4, 0.5) is 0 Å². The van der Waals surface area contributed by atoms with Gasteiger partial charge in [0.25, 0.3) is 0 Å². The fourth-order valence-corrected chi connectivity index (χ4v) is 4.85. The first kappa shape index (κ1) is 14.6. The summed E-state index contributed by atoms with van der Waals surface area (Å²) in [6, 6.07) is 7.84. The van der Waals surface area contributed by atoms with E-state index < -0.39 is 11.8 Å². The zero-order valence-corrected chi connectivity index (χ0v) is 14.5. The number of fused-ring (bicyclic) bond motifs is 8. The number of rotatable bonds is 2. The van der Waals surface area contributed by atoms with Crippen LogP contribution >= 0.6 is 15.9 Å². The SMILES string of the molecule is CCN1C(=O)[C@@H]2[C@H]3O[C@@H]([C@@H]4C(c5ccc(Br)cc5)=NO[C@H]34)[C@H]2C1=O. The Bertz CT molecular complexity index is 777. The lowest BCUT2D eigenvalue weighted by Crippen LogP contribution is -2.45. The molecule has 24 heavy (non-hydrogen) atoms. The Morgan fingerprint density at radius 1 is 1.04 bits per heavy atom. The Kier molecular flexibility index (Phi) is 2.98. The molecule has 0 N–H and O–H groups in total. The molecular formula is C17H15BrN2O4. The molecule has 2 bridgehead atoms. The molecule has 5 rings (SSSR count). The van der Waals surface area contributed by atoms with E-state index in [1.807, 2.05) is 31.2 Å². The standard InChI is InChI=1S/C17H15BrN2O4/c1-2-20-16(21)9-10(17(20)22)14-15-11(13(9)23-14)12(19-24-15)7-3-5-8(18)6-4-7/h3-6,9-11,13-15H,2H2,1H3/t9-,10-,11-,13+,14+,15-/m0/s1. The highest BCUT2D eigenvalue weighted by Gasteiger charge is 2.71. The van der Waals surface area contributed by atoms with Gasteiger partial charge in [0.2, 0.25) is 11.8 Å². The van der Waals surface area contributed by atoms with Gasteiger partial charge in [-0.25, -0.2) is 0 Å². The summed E-state index contributed by atoms with van der Waals surface area (Å²) < 4.78 is 7.02. The van der Waals surface area contributed by atoms with Crippen molar-refractivity contribution in [3.8, 4) is 0 Å². The average Bonchev–Trinajstić information content (AvgIpc) is 3.29. The lowest BCUT2D eigenvalue weighted by atomic mass is 9.71. The van der Waals surface area contributed by atoms with E-state index in [1.165, 1.54) is 4.90 Å². The lowest BCUT2D eigenvalue weighted by molar-refractivity contribution is -0.142. The number of nitrogens with zero attached hydrogens (tertiary/aromatic N) is 2. The van der Waals surface area contributed by atoms with Crippen LogP contribution in [0.2, 0.25) is 0 Å². The van der Waals surface area contributed by atoms with Gasteiger partial charge in [0, 0.05) is 11.0 Å². The molecule has 7 heteroatoms. The number of imide groups is 1. The normalized spacial score (nSPS) is 39.1. The topological polar surface area (TPSA) is 68.2 Å². The van der Waals surface area contributed by atoms with Crippen molar-refractivity contribution in [1.29, 1.82) is 0 Å². The van der Waals surface area contributed by atoms with Gasteiger partial charge in [0.1, 0.15) is 6.10 Å². The zero-order valence-electron chi connectivity index (χ0n) is 12.9. The van der Waals surface area contributed by atoms with Crippen LogP contribution in [-0.4, -0.2) is 47.3 Å². The number of amides is 2.